The number of hydrogen-bond acceptors (Lipinski definition) is 3. The first-order valence-corrected chi connectivity index (χ1v) is 8.48. The smallest absolute Gasteiger partial charge is 0.161 e. The lowest BCUT2D eigenvalue weighted by molar-refractivity contribution is 0.269. The zero-order chi connectivity index (χ0) is 18.2. The number of ether oxygens (including phenoxy) is 2. The van der Waals surface area contributed by atoms with Crippen LogP contribution in [0.5, 0.6) is 11.5 Å². The maximum atomic E-state index is 13.0. The van der Waals surface area contributed by atoms with Crippen molar-refractivity contribution in [3.8, 4) is 11.5 Å². The van der Waals surface area contributed by atoms with Gasteiger partial charge >= 0.3 is 0 Å². The SMILES string of the molecule is CCOc1cc(C=Nc2ccccc2)ccc1OCc1ccc(F)cc1. The Morgan fingerprint density at radius 1 is 0.885 bits per heavy atom. The molecular formula is C22H20FNO2. The van der Waals surface area contributed by atoms with Crippen LogP contribution in [0.3, 0.4) is 0 Å². The molecule has 3 rings (SSSR count). The van der Waals surface area contributed by atoms with Gasteiger partial charge in [0, 0.05) is 6.21 Å². The summed E-state index contributed by atoms with van der Waals surface area (Å²) in [5.74, 6) is 1.05. The maximum Gasteiger partial charge on any atom is 0.161 e. The highest BCUT2D eigenvalue weighted by atomic mass is 19.1. The summed E-state index contributed by atoms with van der Waals surface area (Å²) in [5, 5.41) is 0. The van der Waals surface area contributed by atoms with Gasteiger partial charge in [-0.05, 0) is 60.5 Å². The third-order valence-electron chi connectivity index (χ3n) is 3.69. The molecule has 0 aliphatic carbocycles. The average molecular weight is 349 g/mol. The van der Waals surface area contributed by atoms with Crippen molar-refractivity contribution >= 4 is 11.9 Å². The van der Waals surface area contributed by atoms with Crippen molar-refractivity contribution in [2.45, 2.75) is 13.5 Å². The van der Waals surface area contributed by atoms with Crippen molar-refractivity contribution in [3.63, 3.8) is 0 Å². The minimum absolute atomic E-state index is 0.259. The molecule has 0 spiro atoms. The molecule has 4 heteroatoms. The Balaban J connectivity index is 1.73. The Morgan fingerprint density at radius 2 is 1.65 bits per heavy atom. The minimum Gasteiger partial charge on any atom is -0.490 e. The number of rotatable bonds is 7. The van der Waals surface area contributed by atoms with Gasteiger partial charge in [-0.3, -0.25) is 4.99 Å². The van der Waals surface area contributed by atoms with Crippen molar-refractivity contribution in [1.82, 2.24) is 0 Å². The summed E-state index contributed by atoms with van der Waals surface area (Å²) < 4.78 is 24.5. The standard InChI is InChI=1S/C22H20FNO2/c1-2-25-22-14-18(15-24-20-6-4-3-5-7-20)10-13-21(22)26-16-17-8-11-19(23)12-9-17/h3-15H,2,16H2,1H3. The molecule has 3 aromatic carbocycles. The molecule has 0 fully saturated rings. The van der Waals surface area contributed by atoms with Gasteiger partial charge in [0.05, 0.1) is 12.3 Å². The Kier molecular flexibility index (Phi) is 5.99. The van der Waals surface area contributed by atoms with Crippen molar-refractivity contribution in [3.05, 3.63) is 89.7 Å². The predicted octanol–water partition coefficient (Wildman–Crippen LogP) is 5.55. The summed E-state index contributed by atoms with van der Waals surface area (Å²) in [6.07, 6.45) is 1.79. The largest absolute Gasteiger partial charge is 0.490 e. The molecule has 0 aliphatic rings. The van der Waals surface area contributed by atoms with Crippen LogP contribution in [0.1, 0.15) is 18.1 Å². The van der Waals surface area contributed by atoms with Crippen LogP contribution < -0.4 is 9.47 Å². The number of nitrogens with zero attached hydrogens (tertiary/aromatic N) is 1. The molecule has 0 amide bonds. The van der Waals surface area contributed by atoms with E-state index < -0.39 is 0 Å². The molecule has 0 radical (unpaired) electrons. The Labute approximate surface area is 152 Å². The van der Waals surface area contributed by atoms with Gasteiger partial charge in [0.15, 0.2) is 11.5 Å². The van der Waals surface area contributed by atoms with E-state index in [1.54, 1.807) is 18.3 Å². The van der Waals surface area contributed by atoms with E-state index in [1.165, 1.54) is 12.1 Å². The van der Waals surface area contributed by atoms with Crippen LogP contribution >= 0.6 is 0 Å². The molecule has 0 aromatic heterocycles. The van der Waals surface area contributed by atoms with Crippen LogP contribution in [-0.2, 0) is 6.61 Å². The van der Waals surface area contributed by atoms with Gasteiger partial charge < -0.3 is 9.47 Å². The second-order valence-electron chi connectivity index (χ2n) is 5.65. The highest BCUT2D eigenvalue weighted by Crippen LogP contribution is 2.29. The van der Waals surface area contributed by atoms with Gasteiger partial charge in [-0.2, -0.15) is 0 Å². The van der Waals surface area contributed by atoms with Gasteiger partial charge in [0.2, 0.25) is 0 Å². The number of halogens is 1. The third-order valence-corrected chi connectivity index (χ3v) is 3.69. The Hall–Kier alpha value is -3.14. The van der Waals surface area contributed by atoms with E-state index >= 15 is 0 Å². The van der Waals surface area contributed by atoms with E-state index in [2.05, 4.69) is 4.99 Å². The lowest BCUT2D eigenvalue weighted by Gasteiger charge is -2.12. The summed E-state index contributed by atoms with van der Waals surface area (Å²) in [6, 6.07) is 21.7. The summed E-state index contributed by atoms with van der Waals surface area (Å²) >= 11 is 0. The molecule has 0 atom stereocenters. The van der Waals surface area contributed by atoms with E-state index in [1.807, 2.05) is 55.5 Å². The van der Waals surface area contributed by atoms with Crippen molar-refractivity contribution in [2.24, 2.45) is 4.99 Å². The Morgan fingerprint density at radius 3 is 2.38 bits per heavy atom. The van der Waals surface area contributed by atoms with Crippen LogP contribution in [0.4, 0.5) is 10.1 Å². The van der Waals surface area contributed by atoms with Gasteiger partial charge in [-0.25, -0.2) is 4.39 Å². The maximum absolute atomic E-state index is 13.0. The predicted molar refractivity (Wildman–Crippen MR) is 102 cm³/mol. The molecule has 0 saturated carbocycles. The van der Waals surface area contributed by atoms with Gasteiger partial charge in [0.1, 0.15) is 12.4 Å². The van der Waals surface area contributed by atoms with Gasteiger partial charge in [-0.1, -0.05) is 30.3 Å². The zero-order valence-corrected chi connectivity index (χ0v) is 14.6. The highest BCUT2D eigenvalue weighted by molar-refractivity contribution is 5.83. The van der Waals surface area contributed by atoms with Crippen LogP contribution in [0.2, 0.25) is 0 Å². The van der Waals surface area contributed by atoms with E-state index in [-0.39, 0.29) is 5.82 Å². The minimum atomic E-state index is -0.259. The fourth-order valence-corrected chi connectivity index (χ4v) is 2.40. The zero-order valence-electron chi connectivity index (χ0n) is 14.6. The number of benzene rings is 3. The summed E-state index contributed by atoms with van der Waals surface area (Å²) in [5.41, 5.74) is 2.71. The first-order valence-electron chi connectivity index (χ1n) is 8.48. The first kappa shape index (κ1) is 17.7. The normalized spacial score (nSPS) is 10.8. The molecule has 26 heavy (non-hydrogen) atoms. The van der Waals surface area contributed by atoms with E-state index in [0.29, 0.717) is 24.7 Å². The molecule has 132 valence electrons. The monoisotopic (exact) mass is 349 g/mol. The molecule has 0 bridgehead atoms. The molecule has 0 heterocycles. The van der Waals surface area contributed by atoms with Gasteiger partial charge in [-0.15, -0.1) is 0 Å². The number of aliphatic imine (C=N–C) groups is 1. The number of para-hydroxylation sites is 1. The van der Waals surface area contributed by atoms with Crippen LogP contribution in [-0.4, -0.2) is 12.8 Å². The summed E-state index contributed by atoms with van der Waals surface area (Å²) in [4.78, 5) is 4.45. The lowest BCUT2D eigenvalue weighted by atomic mass is 10.2. The quantitative estimate of drug-likeness (QED) is 0.523. The second-order valence-corrected chi connectivity index (χ2v) is 5.65. The van der Waals surface area contributed by atoms with Crippen LogP contribution in [0, 0.1) is 5.82 Å². The lowest BCUT2D eigenvalue weighted by Crippen LogP contribution is -2.00. The van der Waals surface area contributed by atoms with Crippen LogP contribution in [0.15, 0.2) is 77.8 Å². The van der Waals surface area contributed by atoms with E-state index in [9.17, 15) is 4.39 Å². The Bertz CT molecular complexity index is 861. The van der Waals surface area contributed by atoms with Crippen molar-refractivity contribution in [1.29, 1.82) is 0 Å². The van der Waals surface area contributed by atoms with Crippen LogP contribution in [0.25, 0.3) is 0 Å². The summed E-state index contributed by atoms with van der Waals surface area (Å²) in [7, 11) is 0. The first-order chi connectivity index (χ1) is 12.7. The molecule has 0 aliphatic heterocycles. The van der Waals surface area contributed by atoms with E-state index in [4.69, 9.17) is 9.47 Å². The molecule has 0 N–H and O–H groups in total. The second kappa shape index (κ2) is 8.81. The third kappa shape index (κ3) is 4.93. The molecule has 3 aromatic rings. The average Bonchev–Trinajstić information content (AvgIpc) is 2.68. The topological polar surface area (TPSA) is 30.8 Å². The molecule has 3 nitrogen and oxygen atoms in total. The number of hydrogen-bond donors (Lipinski definition) is 0. The fraction of sp³-hybridized carbons (Fsp3) is 0.136. The highest BCUT2D eigenvalue weighted by Gasteiger charge is 2.06. The van der Waals surface area contributed by atoms with Crippen molar-refractivity contribution in [2.75, 3.05) is 6.61 Å². The molecular weight excluding hydrogens is 329 g/mol. The molecule has 0 saturated heterocycles. The van der Waals surface area contributed by atoms with Gasteiger partial charge in [0.25, 0.3) is 0 Å². The van der Waals surface area contributed by atoms with Crippen molar-refractivity contribution < 1.29 is 13.9 Å². The fourth-order valence-electron chi connectivity index (χ4n) is 2.40. The van der Waals surface area contributed by atoms with E-state index in [0.717, 1.165) is 16.8 Å². The summed E-state index contributed by atoms with van der Waals surface area (Å²) in [6.45, 7) is 2.80. The molecule has 0 unspecified atom stereocenters.